The molecule has 0 bridgehead atoms. The van der Waals surface area contributed by atoms with E-state index in [2.05, 4.69) is 0 Å². The summed E-state index contributed by atoms with van der Waals surface area (Å²) in [7, 11) is 0. The highest BCUT2D eigenvalue weighted by Crippen LogP contribution is 2.35. The minimum atomic E-state index is -0.573. The average Bonchev–Trinajstić information content (AvgIpc) is 2.97. The largest absolute Gasteiger partial charge is 0.466 e. The van der Waals surface area contributed by atoms with Crippen LogP contribution in [0.4, 0.5) is 4.79 Å². The average molecular weight is 447 g/mol. The molecule has 1 saturated heterocycles. The molecule has 7 nitrogen and oxygen atoms in total. The predicted octanol–water partition coefficient (Wildman–Crippen LogP) is 4.46. The number of hydrogen-bond acceptors (Lipinski definition) is 5. The van der Waals surface area contributed by atoms with Gasteiger partial charge in [0.15, 0.2) is 0 Å². The van der Waals surface area contributed by atoms with Gasteiger partial charge in [0.25, 0.3) is 5.91 Å². The highest BCUT2D eigenvalue weighted by molar-refractivity contribution is 5.94. The summed E-state index contributed by atoms with van der Waals surface area (Å²) in [6.45, 7) is 13.8. The molecule has 1 fully saturated rings. The maximum absolute atomic E-state index is 12.8. The number of amides is 2. The second-order valence-corrected chi connectivity index (χ2v) is 9.11. The summed E-state index contributed by atoms with van der Waals surface area (Å²) in [5, 5.41) is 0. The summed E-state index contributed by atoms with van der Waals surface area (Å²) in [6.07, 6.45) is 0.760. The van der Waals surface area contributed by atoms with Crippen LogP contribution >= 0.6 is 0 Å². The molecule has 1 aromatic carbocycles. The van der Waals surface area contributed by atoms with Crippen molar-refractivity contribution in [2.75, 3.05) is 32.8 Å². The minimum Gasteiger partial charge on any atom is -0.466 e. The highest BCUT2D eigenvalue weighted by Gasteiger charge is 2.36. The number of nitrogens with zero attached hydrogens (tertiary/aromatic N) is 2. The molecular weight excluding hydrogens is 408 g/mol. The third kappa shape index (κ3) is 6.71. The van der Waals surface area contributed by atoms with Crippen molar-refractivity contribution >= 4 is 18.0 Å². The minimum absolute atomic E-state index is 0.000426. The lowest BCUT2D eigenvalue weighted by molar-refractivity contribution is -0.149. The number of carbonyl (C=O) groups is 3. The summed E-state index contributed by atoms with van der Waals surface area (Å²) < 4.78 is 10.9. The highest BCUT2D eigenvalue weighted by atomic mass is 16.6. The van der Waals surface area contributed by atoms with Gasteiger partial charge in [-0.2, -0.15) is 0 Å². The topological polar surface area (TPSA) is 76.1 Å². The molecule has 1 aliphatic heterocycles. The molecule has 1 aliphatic rings. The number of likely N-dealkylation sites (tertiary alicyclic amines) is 1. The molecule has 0 spiro atoms. The van der Waals surface area contributed by atoms with Gasteiger partial charge in [-0.1, -0.05) is 12.1 Å². The van der Waals surface area contributed by atoms with Crippen molar-refractivity contribution < 1.29 is 23.9 Å². The van der Waals surface area contributed by atoms with Gasteiger partial charge in [0, 0.05) is 31.7 Å². The fourth-order valence-electron chi connectivity index (χ4n) is 4.11. The zero-order chi connectivity index (χ0) is 23.9. The maximum atomic E-state index is 12.8. The van der Waals surface area contributed by atoms with E-state index in [1.165, 1.54) is 0 Å². The van der Waals surface area contributed by atoms with Crippen LogP contribution in [0.2, 0.25) is 0 Å². The summed E-state index contributed by atoms with van der Waals surface area (Å²) in [5.74, 6) is -0.696. The van der Waals surface area contributed by atoms with Crippen LogP contribution in [0.15, 0.2) is 24.3 Å². The summed E-state index contributed by atoms with van der Waals surface area (Å²) in [4.78, 5) is 41.5. The molecule has 2 rings (SSSR count). The predicted molar refractivity (Wildman–Crippen MR) is 124 cm³/mol. The molecule has 32 heavy (non-hydrogen) atoms. The van der Waals surface area contributed by atoms with Gasteiger partial charge < -0.3 is 19.3 Å². The lowest BCUT2D eigenvalue weighted by atomic mass is 9.82. The molecule has 2 amide bonds. The Hall–Kier alpha value is -2.57. The fourth-order valence-corrected chi connectivity index (χ4v) is 4.11. The van der Waals surface area contributed by atoms with Crippen LogP contribution in [-0.2, 0) is 14.3 Å². The van der Waals surface area contributed by atoms with Crippen LogP contribution in [0.5, 0.6) is 0 Å². The monoisotopic (exact) mass is 446 g/mol. The van der Waals surface area contributed by atoms with Crippen LogP contribution < -0.4 is 0 Å². The van der Waals surface area contributed by atoms with Crippen molar-refractivity contribution in [2.45, 2.75) is 65.9 Å². The smallest absolute Gasteiger partial charge is 0.410 e. The Bertz CT molecular complexity index is 781. The first-order valence-electron chi connectivity index (χ1n) is 11.6. The summed E-state index contributed by atoms with van der Waals surface area (Å²) >= 11 is 0. The van der Waals surface area contributed by atoms with Crippen LogP contribution in [0, 0.1) is 5.92 Å². The van der Waals surface area contributed by atoms with E-state index < -0.39 is 5.60 Å². The standard InChI is InChI=1S/C25H38N2O5/c1-7-26(8-2)22(28)19-12-10-18(11-13-19)20-14-16-27(24(30)32-25(4,5)6)17-15-21(20)23(29)31-9-3/h10-13,20-21H,7-9,14-17H2,1-6H3/t20-,21+/m1/s1. The molecule has 0 N–H and O–H groups in total. The maximum Gasteiger partial charge on any atom is 0.410 e. The van der Waals surface area contributed by atoms with Crippen LogP contribution in [0.3, 0.4) is 0 Å². The number of carbonyl (C=O) groups excluding carboxylic acids is 3. The van der Waals surface area contributed by atoms with Gasteiger partial charge in [0.2, 0.25) is 0 Å². The van der Waals surface area contributed by atoms with Crippen LogP contribution in [-0.4, -0.2) is 66.2 Å². The van der Waals surface area contributed by atoms with Gasteiger partial charge in [0.1, 0.15) is 5.60 Å². The van der Waals surface area contributed by atoms with E-state index in [4.69, 9.17) is 9.47 Å². The van der Waals surface area contributed by atoms with E-state index in [1.54, 1.807) is 16.7 Å². The van der Waals surface area contributed by atoms with Crippen molar-refractivity contribution in [1.29, 1.82) is 0 Å². The molecule has 2 atom stereocenters. The second kappa shape index (κ2) is 11.3. The Balaban J connectivity index is 2.25. The van der Waals surface area contributed by atoms with Gasteiger partial charge in [-0.05, 0) is 78.0 Å². The zero-order valence-corrected chi connectivity index (χ0v) is 20.3. The Morgan fingerprint density at radius 1 is 1.00 bits per heavy atom. The van der Waals surface area contributed by atoms with Crippen molar-refractivity contribution in [2.24, 2.45) is 5.92 Å². The number of rotatable bonds is 6. The van der Waals surface area contributed by atoms with Crippen molar-refractivity contribution in [3.63, 3.8) is 0 Å². The first-order valence-corrected chi connectivity index (χ1v) is 11.6. The van der Waals surface area contributed by atoms with E-state index in [9.17, 15) is 14.4 Å². The van der Waals surface area contributed by atoms with Gasteiger partial charge in [-0.3, -0.25) is 9.59 Å². The molecule has 178 valence electrons. The van der Waals surface area contributed by atoms with Crippen LogP contribution in [0.1, 0.15) is 76.2 Å². The zero-order valence-electron chi connectivity index (χ0n) is 20.3. The molecule has 0 saturated carbocycles. The van der Waals surface area contributed by atoms with E-state index in [0.717, 1.165) is 5.56 Å². The molecule has 1 aromatic rings. The summed E-state index contributed by atoms with van der Waals surface area (Å²) in [5.41, 5.74) is 1.04. The first kappa shape index (κ1) is 25.7. The van der Waals surface area contributed by atoms with Crippen molar-refractivity contribution in [1.82, 2.24) is 9.80 Å². The van der Waals surface area contributed by atoms with E-state index in [1.807, 2.05) is 58.9 Å². The third-order valence-electron chi connectivity index (χ3n) is 5.78. The third-order valence-corrected chi connectivity index (χ3v) is 5.78. The molecule has 0 radical (unpaired) electrons. The Morgan fingerprint density at radius 3 is 2.12 bits per heavy atom. The summed E-state index contributed by atoms with van der Waals surface area (Å²) in [6, 6.07) is 7.51. The Labute approximate surface area is 192 Å². The van der Waals surface area contributed by atoms with Crippen molar-refractivity contribution in [3.8, 4) is 0 Å². The lowest BCUT2D eigenvalue weighted by Gasteiger charge is -2.26. The first-order chi connectivity index (χ1) is 15.1. The molecule has 0 aliphatic carbocycles. The SMILES string of the molecule is CCOC(=O)[C@H]1CCN(C(=O)OC(C)(C)C)CC[C@@H]1c1ccc(C(=O)N(CC)CC)cc1. The number of ether oxygens (including phenoxy) is 2. The Kier molecular flexibility index (Phi) is 9.10. The van der Waals surface area contributed by atoms with Gasteiger partial charge in [-0.15, -0.1) is 0 Å². The Morgan fingerprint density at radius 2 is 1.59 bits per heavy atom. The van der Waals surface area contributed by atoms with Crippen LogP contribution in [0.25, 0.3) is 0 Å². The molecule has 0 unspecified atom stereocenters. The van der Waals surface area contributed by atoms with Gasteiger partial charge >= 0.3 is 12.1 Å². The number of benzene rings is 1. The molecule has 7 heteroatoms. The normalized spacial score (nSPS) is 19.1. The quantitative estimate of drug-likeness (QED) is 0.603. The molecule has 1 heterocycles. The van der Waals surface area contributed by atoms with Gasteiger partial charge in [-0.25, -0.2) is 4.79 Å². The lowest BCUT2D eigenvalue weighted by Crippen LogP contribution is -2.37. The number of hydrogen-bond donors (Lipinski definition) is 0. The molecule has 0 aromatic heterocycles. The van der Waals surface area contributed by atoms with E-state index in [0.29, 0.717) is 51.2 Å². The van der Waals surface area contributed by atoms with E-state index >= 15 is 0 Å². The van der Waals surface area contributed by atoms with Crippen molar-refractivity contribution in [3.05, 3.63) is 35.4 Å². The van der Waals surface area contributed by atoms with Gasteiger partial charge in [0.05, 0.1) is 12.5 Å². The second-order valence-electron chi connectivity index (χ2n) is 9.11. The molecular formula is C25H38N2O5. The fraction of sp³-hybridized carbons (Fsp3) is 0.640. The van der Waals surface area contributed by atoms with E-state index in [-0.39, 0.29) is 29.8 Å². The number of esters is 1.